The van der Waals surface area contributed by atoms with Gasteiger partial charge in [0.2, 0.25) is 10.4 Å². The zero-order valence-electron chi connectivity index (χ0n) is 23.3. The lowest BCUT2D eigenvalue weighted by molar-refractivity contribution is -0.910. The van der Waals surface area contributed by atoms with Crippen LogP contribution < -0.4 is 0 Å². The Kier molecular flexibility index (Phi) is 26.8. The lowest BCUT2D eigenvalue weighted by atomic mass is 10.0. The van der Waals surface area contributed by atoms with Crippen LogP contribution in [0, 0.1) is 0 Å². The first-order chi connectivity index (χ1) is 17.1. The summed E-state index contributed by atoms with van der Waals surface area (Å²) in [5.74, 6) is -0.121. The first-order valence-corrected chi connectivity index (χ1v) is 15.2. The van der Waals surface area contributed by atoms with Crippen molar-refractivity contribution in [2.24, 2.45) is 0 Å². The van der Waals surface area contributed by atoms with Gasteiger partial charge in [-0.25, -0.2) is 8.42 Å². The fraction of sp³-hybridized carbons (Fsp3) is 0.962. The third-order valence-corrected chi connectivity index (χ3v) is 6.77. The minimum atomic E-state index is -4.41. The van der Waals surface area contributed by atoms with Crippen LogP contribution in [0.1, 0.15) is 110 Å². The van der Waals surface area contributed by atoms with Crippen molar-refractivity contribution in [2.75, 3.05) is 53.6 Å². The number of likely N-dealkylation sites (N-methyl/N-ethyl adjacent to an activating group) is 1. The molecule has 0 amide bonds. The number of esters is 1. The number of quaternary nitrogens is 1. The van der Waals surface area contributed by atoms with Crippen molar-refractivity contribution in [3.8, 4) is 0 Å². The van der Waals surface area contributed by atoms with Crippen LogP contribution in [0.3, 0.4) is 0 Å². The molecule has 0 heterocycles. The number of nitrogens with zero attached hydrogens (tertiary/aromatic N) is 1. The van der Waals surface area contributed by atoms with Gasteiger partial charge in [0.25, 0.3) is 0 Å². The van der Waals surface area contributed by atoms with Gasteiger partial charge in [0.1, 0.15) is 26.2 Å². The van der Waals surface area contributed by atoms with E-state index in [0.717, 1.165) is 20.0 Å². The Hall–Kier alpha value is -0.780. The molecule has 0 aliphatic rings. The monoisotopic (exact) mass is 541 g/mol. The van der Waals surface area contributed by atoms with Crippen LogP contribution in [0.2, 0.25) is 0 Å². The molecule has 36 heavy (non-hydrogen) atoms. The Labute approximate surface area is 221 Å². The molecule has 0 radical (unpaired) electrons. The molecule has 2 N–H and O–H groups in total. The van der Waals surface area contributed by atoms with Gasteiger partial charge in [-0.1, -0.05) is 96.8 Å². The highest BCUT2D eigenvalue weighted by Gasteiger charge is 2.20. The quantitative estimate of drug-likeness (QED) is 0.0607. The topological polar surface area (TPSA) is 133 Å². The van der Waals surface area contributed by atoms with E-state index in [4.69, 9.17) is 14.9 Å². The normalized spacial score (nSPS) is 11.7. The molecule has 0 bridgehead atoms. The van der Waals surface area contributed by atoms with Crippen LogP contribution in [0.25, 0.3) is 0 Å². The summed E-state index contributed by atoms with van der Waals surface area (Å²) >= 11 is 0. The summed E-state index contributed by atoms with van der Waals surface area (Å²) in [7, 11) is -1.64. The number of aliphatic hydroxyl groups is 2. The van der Waals surface area contributed by atoms with Gasteiger partial charge in [-0.3, -0.25) is 8.98 Å². The predicted molar refractivity (Wildman–Crippen MR) is 142 cm³/mol. The van der Waals surface area contributed by atoms with E-state index in [1.807, 2.05) is 7.05 Å². The molecule has 218 valence electrons. The third-order valence-electron chi connectivity index (χ3n) is 6.36. The second-order valence-electron chi connectivity index (χ2n) is 9.73. The first kappa shape index (κ1) is 37.4. The zero-order chi connectivity index (χ0) is 27.5. The van der Waals surface area contributed by atoms with Crippen molar-refractivity contribution in [1.82, 2.24) is 0 Å². The van der Waals surface area contributed by atoms with Crippen LogP contribution >= 0.6 is 0 Å². The molecule has 0 spiro atoms. The number of ether oxygens (including phenoxy) is 1. The number of aliphatic hydroxyl groups excluding tert-OH is 2. The van der Waals surface area contributed by atoms with Crippen LogP contribution in [0.15, 0.2) is 0 Å². The average Bonchev–Trinajstić information content (AvgIpc) is 2.82. The molecule has 0 aromatic carbocycles. The number of carbonyl (C=O) groups is 1. The Balaban J connectivity index is 0. The van der Waals surface area contributed by atoms with Gasteiger partial charge in [0.05, 0.1) is 27.4 Å². The second-order valence-corrected chi connectivity index (χ2v) is 10.9. The van der Waals surface area contributed by atoms with Crippen molar-refractivity contribution in [1.29, 1.82) is 0 Å². The summed E-state index contributed by atoms with van der Waals surface area (Å²) in [6, 6.07) is 0. The Morgan fingerprint density at radius 3 is 1.44 bits per heavy atom. The summed E-state index contributed by atoms with van der Waals surface area (Å²) in [6.07, 6.45) is 20.3. The molecule has 0 fully saturated rings. The van der Waals surface area contributed by atoms with E-state index in [0.29, 0.717) is 37.1 Å². The first-order valence-electron chi connectivity index (χ1n) is 13.9. The Morgan fingerprint density at radius 2 is 1.11 bits per heavy atom. The zero-order valence-corrected chi connectivity index (χ0v) is 24.1. The number of unbranched alkanes of at least 4 members (excludes halogenated alkanes) is 14. The maximum absolute atomic E-state index is 11.9. The van der Waals surface area contributed by atoms with Gasteiger partial charge >= 0.3 is 5.97 Å². The maximum Gasteiger partial charge on any atom is 0.305 e. The molecule has 0 aromatic rings. The lowest BCUT2D eigenvalue weighted by Gasteiger charge is -2.33. The summed E-state index contributed by atoms with van der Waals surface area (Å²) in [5.41, 5.74) is 0. The molecular weight excluding hydrogens is 486 g/mol. The van der Waals surface area contributed by atoms with Gasteiger partial charge in [0, 0.05) is 6.42 Å². The lowest BCUT2D eigenvalue weighted by Crippen LogP contribution is -2.50. The molecule has 0 aliphatic carbocycles. The molecule has 0 aromatic heterocycles. The van der Waals surface area contributed by atoms with Crippen molar-refractivity contribution in [3.05, 3.63) is 0 Å². The highest BCUT2D eigenvalue weighted by atomic mass is 32.3. The predicted octanol–water partition coefficient (Wildman–Crippen LogP) is 4.32. The standard InChI is InChI=1S/C25H52NO4.CH4O4S/c1-3-4-5-6-7-8-9-10-11-12-13-14-15-16-17-18-25(29)30-24-21-26(2,19-22-27)20-23-28;1-5-6(2,3)4/h27-28H,3-24H2,1-2H3;1H3,(H,2,3,4)/q+1;/p-1. The maximum atomic E-state index is 11.9. The average molecular weight is 542 g/mol. The molecule has 10 heteroatoms. The molecule has 0 aliphatic heterocycles. The van der Waals surface area contributed by atoms with E-state index in [1.165, 1.54) is 83.5 Å². The van der Waals surface area contributed by atoms with Gasteiger partial charge < -0.3 is 24.0 Å². The van der Waals surface area contributed by atoms with Crippen molar-refractivity contribution in [3.63, 3.8) is 0 Å². The minimum absolute atomic E-state index is 0.0730. The van der Waals surface area contributed by atoms with E-state index in [-0.39, 0.29) is 19.2 Å². The summed E-state index contributed by atoms with van der Waals surface area (Å²) in [5, 5.41) is 18.3. The molecule has 0 rings (SSSR count). The summed E-state index contributed by atoms with van der Waals surface area (Å²) in [6.45, 7) is 4.54. The number of rotatable bonds is 24. The fourth-order valence-corrected chi connectivity index (χ4v) is 3.91. The number of hydrogen-bond acceptors (Lipinski definition) is 8. The SMILES string of the molecule is CCCCCCCCCCCCCCCCCC(=O)OCC[N+](C)(CCO)CCO.COS(=O)(=O)[O-]. The minimum Gasteiger partial charge on any atom is -0.726 e. The van der Waals surface area contributed by atoms with E-state index in [2.05, 4.69) is 11.1 Å². The highest BCUT2D eigenvalue weighted by molar-refractivity contribution is 7.80. The Morgan fingerprint density at radius 1 is 0.750 bits per heavy atom. The van der Waals surface area contributed by atoms with Crippen molar-refractivity contribution in [2.45, 2.75) is 110 Å². The smallest absolute Gasteiger partial charge is 0.305 e. The van der Waals surface area contributed by atoms with E-state index in [1.54, 1.807) is 0 Å². The van der Waals surface area contributed by atoms with Gasteiger partial charge in [0.15, 0.2) is 0 Å². The number of hydrogen-bond donors (Lipinski definition) is 2. The van der Waals surface area contributed by atoms with Crippen LogP contribution in [0.5, 0.6) is 0 Å². The molecule has 0 atom stereocenters. The van der Waals surface area contributed by atoms with Crippen molar-refractivity contribution >= 4 is 16.4 Å². The molecule has 9 nitrogen and oxygen atoms in total. The highest BCUT2D eigenvalue weighted by Crippen LogP contribution is 2.14. The molecular formula is C26H55NO8S. The Bertz CT molecular complexity index is 580. The van der Waals surface area contributed by atoms with Crippen LogP contribution in [-0.4, -0.2) is 87.2 Å². The summed E-state index contributed by atoms with van der Waals surface area (Å²) in [4.78, 5) is 11.9. The fourth-order valence-electron chi connectivity index (χ4n) is 3.91. The van der Waals surface area contributed by atoms with Gasteiger partial charge in [-0.05, 0) is 6.42 Å². The molecule has 0 unspecified atom stereocenters. The van der Waals surface area contributed by atoms with E-state index in [9.17, 15) is 17.8 Å². The number of carbonyl (C=O) groups excluding carboxylic acids is 1. The van der Waals surface area contributed by atoms with Crippen molar-refractivity contribution < 1.29 is 41.4 Å². The van der Waals surface area contributed by atoms with Crippen LogP contribution in [0.4, 0.5) is 0 Å². The van der Waals surface area contributed by atoms with Gasteiger partial charge in [-0.15, -0.1) is 0 Å². The van der Waals surface area contributed by atoms with E-state index < -0.39 is 10.4 Å². The van der Waals surface area contributed by atoms with E-state index >= 15 is 0 Å². The largest absolute Gasteiger partial charge is 0.726 e. The molecule has 0 saturated heterocycles. The third kappa shape index (κ3) is 29.5. The van der Waals surface area contributed by atoms with Gasteiger partial charge in [-0.2, -0.15) is 0 Å². The summed E-state index contributed by atoms with van der Waals surface area (Å²) < 4.78 is 36.9. The van der Waals surface area contributed by atoms with Crippen LogP contribution in [-0.2, 0) is 24.1 Å². The molecule has 0 saturated carbocycles. The second kappa shape index (κ2) is 25.9.